The summed E-state index contributed by atoms with van der Waals surface area (Å²) in [6.45, 7) is 0. The summed E-state index contributed by atoms with van der Waals surface area (Å²) < 4.78 is 13.2. The van der Waals surface area contributed by atoms with Crippen molar-refractivity contribution in [3.8, 4) is 0 Å². The maximum Gasteiger partial charge on any atom is 0.418 e. The normalized spacial score (nSPS) is 23.3. The molecule has 3 fully saturated rings. The molecule has 3 aliphatic rings. The monoisotopic (exact) mass is 392 g/mol. The third-order valence-corrected chi connectivity index (χ3v) is 6.33. The van der Waals surface area contributed by atoms with Gasteiger partial charge in [0.05, 0.1) is 11.2 Å². The molecular weight excluding hydrogens is 363 g/mol. The molecule has 0 unspecified atom stereocenters. The molecule has 1 aliphatic heterocycles. The van der Waals surface area contributed by atoms with Crippen LogP contribution in [0.4, 0.5) is 0 Å². The van der Waals surface area contributed by atoms with E-state index in [-0.39, 0.29) is 35.4 Å². The van der Waals surface area contributed by atoms with E-state index in [1.54, 1.807) is 0 Å². The number of fused-ring (bicyclic) bond motifs is 1. The summed E-state index contributed by atoms with van der Waals surface area (Å²) in [6, 6.07) is 18.5. The minimum absolute atomic E-state index is 0. The van der Waals surface area contributed by atoms with Gasteiger partial charge in [-0.25, -0.2) is 12.1 Å². The van der Waals surface area contributed by atoms with Gasteiger partial charge in [0.2, 0.25) is 0 Å². The van der Waals surface area contributed by atoms with Crippen LogP contribution in [0.15, 0.2) is 54.6 Å². The first-order chi connectivity index (χ1) is 12.3. The quantitative estimate of drug-likeness (QED) is 0.505. The van der Waals surface area contributed by atoms with Gasteiger partial charge in [-0.1, -0.05) is 38.5 Å². The fraction of sp³-hybridized carbons (Fsp3) is 0.545. The van der Waals surface area contributed by atoms with Gasteiger partial charge in [-0.2, -0.15) is 12.1 Å². The van der Waals surface area contributed by atoms with Crippen molar-refractivity contribution in [2.45, 2.75) is 75.4 Å². The Morgan fingerprint density at radius 2 is 1.04 bits per heavy atom. The molecule has 2 nitrogen and oxygen atoms in total. The molecule has 1 saturated heterocycles. The van der Waals surface area contributed by atoms with Gasteiger partial charge in [0.25, 0.3) is 0 Å². The third kappa shape index (κ3) is 3.89. The van der Waals surface area contributed by atoms with Gasteiger partial charge in [0.1, 0.15) is 0 Å². The van der Waals surface area contributed by atoms with E-state index < -0.39 is 0 Å². The Balaban J connectivity index is 0.000000285. The van der Waals surface area contributed by atoms with E-state index in [0.29, 0.717) is 0 Å². The molecule has 2 aliphatic carbocycles. The summed E-state index contributed by atoms with van der Waals surface area (Å²) in [5.74, 6) is 0. The van der Waals surface area contributed by atoms with E-state index in [2.05, 4.69) is 24.3 Å². The minimum atomic E-state index is -0.124. The van der Waals surface area contributed by atoms with E-state index in [1.807, 2.05) is 30.3 Å². The largest absolute Gasteiger partial charge is 0.748 e. The van der Waals surface area contributed by atoms with Crippen molar-refractivity contribution in [3.63, 3.8) is 0 Å². The molecule has 0 amide bonds. The van der Waals surface area contributed by atoms with Crippen LogP contribution in [-0.4, -0.2) is 18.3 Å². The predicted octanol–water partition coefficient (Wildman–Crippen LogP) is 4.96. The molecule has 26 heavy (non-hydrogen) atoms. The molecule has 146 valence electrons. The maximum absolute atomic E-state index is 6.61. The van der Waals surface area contributed by atoms with Gasteiger partial charge < -0.3 is 39.6 Å². The van der Waals surface area contributed by atoms with Crippen LogP contribution in [0.1, 0.15) is 64.2 Å². The zero-order valence-corrected chi connectivity index (χ0v) is 16.6. The van der Waals surface area contributed by atoms with Crippen molar-refractivity contribution in [2.75, 3.05) is 0 Å². The van der Waals surface area contributed by atoms with E-state index in [1.165, 1.54) is 69.7 Å². The molecule has 2 aromatic carbocycles. The maximum atomic E-state index is 6.61. The average Bonchev–Trinajstić information content (AvgIpc) is 3.41. The van der Waals surface area contributed by atoms with Gasteiger partial charge in [0.15, 0.2) is 0 Å². The molecule has 0 radical (unpaired) electrons. The van der Waals surface area contributed by atoms with Crippen LogP contribution in [0.2, 0.25) is 0 Å². The average molecular weight is 392 g/mol. The zero-order valence-electron chi connectivity index (χ0n) is 15.5. The minimum Gasteiger partial charge on any atom is -0.748 e. The fourth-order valence-electron chi connectivity index (χ4n) is 5.04. The molecule has 0 N–H and O–H groups in total. The Hall–Kier alpha value is -0.796. The van der Waals surface area contributed by atoms with Crippen LogP contribution in [0.3, 0.4) is 0 Å². The van der Waals surface area contributed by atoms with Crippen molar-refractivity contribution >= 4 is 12.6 Å². The number of hydrogen-bond donors (Lipinski definition) is 0. The Morgan fingerprint density at radius 3 is 1.42 bits per heavy atom. The van der Waals surface area contributed by atoms with Crippen LogP contribution in [0, 0.1) is 0 Å². The van der Waals surface area contributed by atoms with Crippen molar-refractivity contribution in [3.05, 3.63) is 54.6 Å². The molecule has 2 aromatic rings. The summed E-state index contributed by atoms with van der Waals surface area (Å²) in [6.07, 6.45) is 12.7. The van der Waals surface area contributed by atoms with Gasteiger partial charge >= 0.3 is 7.12 Å². The van der Waals surface area contributed by atoms with Crippen molar-refractivity contribution < 1.29 is 26.4 Å². The first-order valence-electron chi connectivity index (χ1n) is 10.1. The molecule has 0 atom stereocenters. The SMILES string of the molecule is [Fe].[cH-]1[cH-][cH-][cH-][cH-]1.c1cc[c-](B2OC3(CCCCC3)C3(CCCCC3)O2)c1. The van der Waals surface area contributed by atoms with Crippen LogP contribution in [0.25, 0.3) is 0 Å². The van der Waals surface area contributed by atoms with Crippen molar-refractivity contribution in [2.24, 2.45) is 0 Å². The van der Waals surface area contributed by atoms with Crippen molar-refractivity contribution in [1.82, 2.24) is 0 Å². The molecule has 0 bridgehead atoms. The Bertz CT molecular complexity index is 567. The summed E-state index contributed by atoms with van der Waals surface area (Å²) >= 11 is 0. The first kappa shape index (κ1) is 20.0. The Labute approximate surface area is 169 Å². The Morgan fingerprint density at radius 1 is 0.654 bits per heavy atom. The van der Waals surface area contributed by atoms with E-state index in [4.69, 9.17) is 9.31 Å². The zero-order chi connectivity index (χ0) is 17.0. The topological polar surface area (TPSA) is 18.5 Å². The standard InChI is InChI=1S/C17H24BO2.C5H5.Fe/c1-5-11-16(12-6-1)17(13-7-2-8-14-17)20-18(19-16)15-9-3-4-10-15;1-2-4-5-3-1;/h3-4,9-10H,1-2,5-8,11-14H2;1-5H;/q-1;-5;. The fourth-order valence-corrected chi connectivity index (χ4v) is 5.04. The molecule has 2 spiro atoms. The van der Waals surface area contributed by atoms with Crippen LogP contribution >= 0.6 is 0 Å². The molecule has 5 rings (SSSR count). The second kappa shape index (κ2) is 8.93. The number of rotatable bonds is 1. The van der Waals surface area contributed by atoms with E-state index in [9.17, 15) is 0 Å². The molecular formula is C22H29BFeO2-6. The summed E-state index contributed by atoms with van der Waals surface area (Å²) in [5, 5.41) is 0. The predicted molar refractivity (Wildman–Crippen MR) is 103 cm³/mol. The number of hydrogen-bond acceptors (Lipinski definition) is 2. The summed E-state index contributed by atoms with van der Waals surface area (Å²) in [5.41, 5.74) is 1.22. The van der Waals surface area contributed by atoms with Crippen molar-refractivity contribution in [1.29, 1.82) is 0 Å². The van der Waals surface area contributed by atoms with E-state index in [0.717, 1.165) is 0 Å². The molecule has 2 saturated carbocycles. The van der Waals surface area contributed by atoms with Crippen LogP contribution in [0.5, 0.6) is 0 Å². The van der Waals surface area contributed by atoms with Crippen LogP contribution in [-0.2, 0) is 26.4 Å². The summed E-state index contributed by atoms with van der Waals surface area (Å²) in [4.78, 5) is 0. The second-order valence-electron chi connectivity index (χ2n) is 7.86. The molecule has 4 heteroatoms. The molecule has 1 heterocycles. The van der Waals surface area contributed by atoms with Gasteiger partial charge in [0, 0.05) is 17.1 Å². The van der Waals surface area contributed by atoms with Gasteiger partial charge in [-0.3, -0.25) is 0 Å². The first-order valence-corrected chi connectivity index (χ1v) is 10.1. The summed E-state index contributed by atoms with van der Waals surface area (Å²) in [7, 11) is -0.124. The van der Waals surface area contributed by atoms with E-state index >= 15 is 0 Å². The third-order valence-electron chi connectivity index (χ3n) is 6.33. The smallest absolute Gasteiger partial charge is 0.418 e. The van der Waals surface area contributed by atoms with Crippen LogP contribution < -0.4 is 5.46 Å². The van der Waals surface area contributed by atoms with Gasteiger partial charge in [-0.15, -0.1) is 5.46 Å². The Kier molecular flexibility index (Phi) is 6.85. The van der Waals surface area contributed by atoms with Gasteiger partial charge in [-0.05, 0) is 25.7 Å². The second-order valence-corrected chi connectivity index (χ2v) is 7.86. The molecule has 0 aromatic heterocycles.